The highest BCUT2D eigenvalue weighted by Gasteiger charge is 2.17. The van der Waals surface area contributed by atoms with Crippen LogP contribution >= 0.6 is 11.3 Å². The van der Waals surface area contributed by atoms with Gasteiger partial charge in [-0.05, 0) is 44.0 Å². The molecule has 3 aromatic rings. The van der Waals surface area contributed by atoms with Crippen LogP contribution in [0.5, 0.6) is 0 Å². The van der Waals surface area contributed by atoms with Gasteiger partial charge in [0.05, 0.1) is 17.8 Å². The Balaban J connectivity index is 1.61. The highest BCUT2D eigenvalue weighted by molar-refractivity contribution is 7.13. The number of nitrogens with one attached hydrogen (secondary N) is 2. The summed E-state index contributed by atoms with van der Waals surface area (Å²) >= 11 is 1.17. The van der Waals surface area contributed by atoms with E-state index in [1.807, 2.05) is 38.1 Å². The van der Waals surface area contributed by atoms with E-state index in [0.717, 1.165) is 16.7 Å². The number of benzene rings is 2. The van der Waals surface area contributed by atoms with Crippen molar-refractivity contribution in [1.29, 1.82) is 0 Å². The van der Waals surface area contributed by atoms with Crippen LogP contribution in [0.25, 0.3) is 0 Å². The normalized spacial score (nSPS) is 10.6. The number of aromatic nitrogens is 1. The molecule has 3 rings (SSSR count). The minimum absolute atomic E-state index is 0.0237. The average molecular weight is 412 g/mol. The van der Waals surface area contributed by atoms with Gasteiger partial charge in [-0.3, -0.25) is 9.59 Å². The first kappa shape index (κ1) is 20.7. The zero-order valence-corrected chi connectivity index (χ0v) is 17.3. The average Bonchev–Trinajstić information content (AvgIpc) is 3.04. The van der Waals surface area contributed by atoms with E-state index in [9.17, 15) is 14.0 Å². The zero-order valence-electron chi connectivity index (χ0n) is 16.5. The summed E-state index contributed by atoms with van der Waals surface area (Å²) in [6.45, 7) is 5.98. The van der Waals surface area contributed by atoms with Crippen LogP contribution in [0.4, 0.5) is 10.1 Å². The molecular formula is C22H22FN3O2S. The maximum absolute atomic E-state index is 13.8. The van der Waals surface area contributed by atoms with Crippen LogP contribution in [0, 0.1) is 26.6 Å². The Labute approximate surface area is 173 Å². The Morgan fingerprint density at radius 2 is 1.72 bits per heavy atom. The van der Waals surface area contributed by atoms with Gasteiger partial charge in [-0.25, -0.2) is 9.37 Å². The summed E-state index contributed by atoms with van der Waals surface area (Å²) in [4.78, 5) is 29.5. The predicted octanol–water partition coefficient (Wildman–Crippen LogP) is 4.32. The van der Waals surface area contributed by atoms with Gasteiger partial charge >= 0.3 is 0 Å². The molecule has 2 amide bonds. The highest BCUT2D eigenvalue weighted by Crippen LogP contribution is 2.20. The van der Waals surface area contributed by atoms with Crippen LogP contribution < -0.4 is 10.6 Å². The number of hydrogen-bond acceptors (Lipinski definition) is 4. The molecule has 0 unspecified atom stereocenters. The van der Waals surface area contributed by atoms with Gasteiger partial charge in [0.1, 0.15) is 15.7 Å². The molecule has 0 spiro atoms. The zero-order chi connectivity index (χ0) is 21.0. The van der Waals surface area contributed by atoms with Crippen molar-refractivity contribution in [1.82, 2.24) is 10.3 Å². The van der Waals surface area contributed by atoms with Crippen molar-refractivity contribution in [2.24, 2.45) is 0 Å². The number of carbonyl (C=O) groups excluding carboxylic acids is 2. The molecule has 0 saturated carbocycles. The van der Waals surface area contributed by atoms with Gasteiger partial charge < -0.3 is 10.6 Å². The fourth-order valence-electron chi connectivity index (χ4n) is 2.77. The lowest BCUT2D eigenvalue weighted by molar-refractivity contribution is -0.115. The van der Waals surface area contributed by atoms with E-state index in [1.54, 1.807) is 19.1 Å². The van der Waals surface area contributed by atoms with E-state index in [2.05, 4.69) is 15.6 Å². The Morgan fingerprint density at radius 3 is 2.45 bits per heavy atom. The molecule has 0 aliphatic heterocycles. The monoisotopic (exact) mass is 411 g/mol. The number of hydrogen-bond donors (Lipinski definition) is 2. The van der Waals surface area contributed by atoms with Gasteiger partial charge in [0.15, 0.2) is 0 Å². The van der Waals surface area contributed by atoms with Crippen LogP contribution in [-0.4, -0.2) is 16.8 Å². The van der Waals surface area contributed by atoms with Gasteiger partial charge in [-0.15, -0.1) is 11.3 Å². The second-order valence-electron chi connectivity index (χ2n) is 6.90. The molecule has 1 heterocycles. The molecule has 29 heavy (non-hydrogen) atoms. The molecule has 2 aromatic carbocycles. The van der Waals surface area contributed by atoms with Crippen molar-refractivity contribution in [3.05, 3.63) is 80.6 Å². The van der Waals surface area contributed by atoms with Crippen molar-refractivity contribution in [2.45, 2.75) is 33.7 Å². The van der Waals surface area contributed by atoms with Crippen LogP contribution in [-0.2, 0) is 17.8 Å². The Hall–Kier alpha value is -3.06. The lowest BCUT2D eigenvalue weighted by atomic mass is 10.1. The standard InChI is InChI=1S/C22H22FN3O2S/c1-13-4-7-16(8-5-13)12-24-22(28)21-15(3)25-20(29-21)11-19(27)26-18-10-14(2)6-9-17(18)23/h4-10H,11-12H2,1-3H3,(H,24,28)(H,26,27). The summed E-state index contributed by atoms with van der Waals surface area (Å²) in [5.41, 5.74) is 3.72. The molecule has 0 fully saturated rings. The Morgan fingerprint density at radius 1 is 1.03 bits per heavy atom. The first-order valence-electron chi connectivity index (χ1n) is 9.18. The maximum atomic E-state index is 13.8. The minimum Gasteiger partial charge on any atom is -0.347 e. The molecule has 2 N–H and O–H groups in total. The maximum Gasteiger partial charge on any atom is 0.263 e. The number of halogens is 1. The second-order valence-corrected chi connectivity index (χ2v) is 7.98. The number of aryl methyl sites for hydroxylation is 3. The topological polar surface area (TPSA) is 71.1 Å². The molecule has 0 bridgehead atoms. The van der Waals surface area contributed by atoms with Crippen molar-refractivity contribution in [3.8, 4) is 0 Å². The largest absolute Gasteiger partial charge is 0.347 e. The van der Waals surface area contributed by atoms with Crippen LogP contribution in [0.15, 0.2) is 42.5 Å². The predicted molar refractivity (Wildman–Crippen MR) is 113 cm³/mol. The summed E-state index contributed by atoms with van der Waals surface area (Å²) in [5, 5.41) is 5.95. The number of nitrogens with zero attached hydrogens (tertiary/aromatic N) is 1. The van der Waals surface area contributed by atoms with Gasteiger partial charge in [0.25, 0.3) is 5.91 Å². The van der Waals surface area contributed by atoms with E-state index >= 15 is 0 Å². The summed E-state index contributed by atoms with van der Waals surface area (Å²) in [7, 11) is 0. The van der Waals surface area contributed by atoms with Gasteiger partial charge in [-0.2, -0.15) is 0 Å². The molecule has 0 radical (unpaired) electrons. The molecule has 5 nitrogen and oxygen atoms in total. The lowest BCUT2D eigenvalue weighted by Gasteiger charge is -2.06. The third-order valence-corrected chi connectivity index (χ3v) is 5.48. The van der Waals surface area contributed by atoms with E-state index < -0.39 is 5.82 Å². The van der Waals surface area contributed by atoms with Gasteiger partial charge in [-0.1, -0.05) is 35.9 Å². The molecule has 0 saturated heterocycles. The molecule has 7 heteroatoms. The molecule has 0 aliphatic rings. The number of carbonyl (C=O) groups is 2. The molecule has 150 valence electrons. The summed E-state index contributed by atoms with van der Waals surface area (Å²) < 4.78 is 13.8. The van der Waals surface area contributed by atoms with Crippen molar-refractivity contribution >= 4 is 28.8 Å². The first-order valence-corrected chi connectivity index (χ1v) is 9.99. The van der Waals surface area contributed by atoms with E-state index in [0.29, 0.717) is 22.1 Å². The number of rotatable bonds is 6. The molecular weight excluding hydrogens is 389 g/mol. The lowest BCUT2D eigenvalue weighted by Crippen LogP contribution is -2.22. The van der Waals surface area contributed by atoms with Gasteiger partial charge in [0.2, 0.25) is 5.91 Å². The summed E-state index contributed by atoms with van der Waals surface area (Å²) in [5.74, 6) is -1.10. The SMILES string of the molecule is Cc1ccc(CNC(=O)c2sc(CC(=O)Nc3cc(C)ccc3F)nc2C)cc1. The second kappa shape index (κ2) is 8.96. The highest BCUT2D eigenvalue weighted by atomic mass is 32.1. The van der Waals surface area contributed by atoms with E-state index in [-0.39, 0.29) is 23.9 Å². The summed E-state index contributed by atoms with van der Waals surface area (Å²) in [6.07, 6.45) is -0.0237. The number of thiazole rings is 1. The number of amides is 2. The fourth-order valence-corrected chi connectivity index (χ4v) is 3.75. The number of anilines is 1. The quantitative estimate of drug-likeness (QED) is 0.635. The van der Waals surface area contributed by atoms with Crippen molar-refractivity contribution < 1.29 is 14.0 Å². The fraction of sp³-hybridized carbons (Fsp3) is 0.227. The Kier molecular flexibility index (Phi) is 6.39. The molecule has 0 aliphatic carbocycles. The first-order chi connectivity index (χ1) is 13.8. The smallest absolute Gasteiger partial charge is 0.263 e. The molecule has 1 aromatic heterocycles. The van der Waals surface area contributed by atoms with Crippen LogP contribution in [0.3, 0.4) is 0 Å². The summed E-state index contributed by atoms with van der Waals surface area (Å²) in [6, 6.07) is 12.4. The molecule has 0 atom stereocenters. The van der Waals surface area contributed by atoms with E-state index in [1.165, 1.54) is 17.4 Å². The third-order valence-electron chi connectivity index (χ3n) is 4.33. The Bertz CT molecular complexity index is 1040. The van der Waals surface area contributed by atoms with Crippen LogP contribution in [0.2, 0.25) is 0 Å². The van der Waals surface area contributed by atoms with Gasteiger partial charge in [0, 0.05) is 6.54 Å². The van der Waals surface area contributed by atoms with E-state index in [4.69, 9.17) is 0 Å². The minimum atomic E-state index is -0.490. The van der Waals surface area contributed by atoms with Crippen molar-refractivity contribution in [2.75, 3.05) is 5.32 Å². The van der Waals surface area contributed by atoms with Crippen LogP contribution in [0.1, 0.15) is 37.1 Å². The third kappa shape index (κ3) is 5.48. The van der Waals surface area contributed by atoms with Crippen molar-refractivity contribution in [3.63, 3.8) is 0 Å².